The first kappa shape index (κ1) is 31.4. The van der Waals surface area contributed by atoms with Crippen molar-refractivity contribution in [3.05, 3.63) is 102 Å². The van der Waals surface area contributed by atoms with Gasteiger partial charge in [0.25, 0.3) is 20.2 Å². The van der Waals surface area contributed by atoms with Gasteiger partial charge >= 0.3 is 0 Å². The zero-order valence-electron chi connectivity index (χ0n) is 24.2. The van der Waals surface area contributed by atoms with Crippen LogP contribution >= 0.6 is 0 Å². The highest BCUT2D eigenvalue weighted by molar-refractivity contribution is 7.86. The number of azo groups is 2. The molecule has 5 aromatic rings. The number of nitrogens with zero attached hydrogens (tertiary/aromatic N) is 4. The number of phenolic OH excluding ortho intramolecular Hbond substituents is 1. The fraction of sp³-hybridized carbons (Fsp3) is 0.0968. The second-order valence-corrected chi connectivity index (χ2v) is 13.0. The van der Waals surface area contributed by atoms with Gasteiger partial charge in [0.1, 0.15) is 10.6 Å². The third kappa shape index (κ3) is 7.05. The maximum absolute atomic E-state index is 12.3. The molecule has 0 spiro atoms. The predicted octanol–water partition coefficient (Wildman–Crippen LogP) is 8.54. The fourth-order valence-electron chi connectivity index (χ4n) is 4.56. The van der Waals surface area contributed by atoms with Gasteiger partial charge in [-0.2, -0.15) is 32.2 Å². The van der Waals surface area contributed by atoms with Crippen molar-refractivity contribution in [3.63, 3.8) is 0 Å². The number of anilines is 2. The Hall–Kier alpha value is -5.02. The topological polar surface area (TPSA) is 190 Å². The predicted molar refractivity (Wildman–Crippen MR) is 170 cm³/mol. The summed E-state index contributed by atoms with van der Waals surface area (Å²) in [7, 11) is -9.24. The van der Waals surface area contributed by atoms with Crippen molar-refractivity contribution in [3.8, 4) is 5.75 Å². The molecule has 0 fully saturated rings. The Labute approximate surface area is 259 Å². The molecule has 5 rings (SSSR count). The minimum Gasteiger partial charge on any atom is -0.505 e. The summed E-state index contributed by atoms with van der Waals surface area (Å²) in [6, 6.07) is 23.0. The summed E-state index contributed by atoms with van der Waals surface area (Å²) in [6.07, 6.45) is 0. The molecule has 4 N–H and O–H groups in total. The normalized spacial score (nSPS) is 12.4. The van der Waals surface area contributed by atoms with Crippen molar-refractivity contribution in [1.82, 2.24) is 0 Å². The van der Waals surface area contributed by atoms with Crippen LogP contribution in [0, 0.1) is 20.8 Å². The van der Waals surface area contributed by atoms with E-state index in [-0.39, 0.29) is 10.6 Å². The van der Waals surface area contributed by atoms with Crippen molar-refractivity contribution in [2.75, 3.05) is 5.32 Å². The van der Waals surface area contributed by atoms with E-state index in [0.29, 0.717) is 44.5 Å². The van der Waals surface area contributed by atoms with Gasteiger partial charge in [0.05, 0.1) is 22.0 Å². The van der Waals surface area contributed by atoms with Crippen molar-refractivity contribution in [2.24, 2.45) is 20.5 Å². The van der Waals surface area contributed by atoms with Crippen molar-refractivity contribution in [1.29, 1.82) is 0 Å². The Morgan fingerprint density at radius 1 is 0.600 bits per heavy atom. The molecule has 0 aliphatic heterocycles. The van der Waals surface area contributed by atoms with Gasteiger partial charge in [-0.1, -0.05) is 24.3 Å². The van der Waals surface area contributed by atoms with E-state index in [0.717, 1.165) is 5.69 Å². The Kier molecular flexibility index (Phi) is 8.49. The first-order chi connectivity index (χ1) is 21.2. The standard InChI is InChI=1S/C31H27N5O7S2/c1-18-9-10-24(17-28(18)44(38,39)40)33-34-26-13-20(3)27(14-19(26)2)35-36-30-29(45(41,42)43)16-21-15-23(11-12-25(21)31(30)37)32-22-7-5-4-6-8-22/h4-17,32,37H,1-3H3,(H,38,39,40)(H,41,42,43). The summed E-state index contributed by atoms with van der Waals surface area (Å²) < 4.78 is 67.3. The Bertz CT molecular complexity index is 2240. The first-order valence-corrected chi connectivity index (χ1v) is 16.2. The molecule has 0 radical (unpaired) electrons. The van der Waals surface area contributed by atoms with E-state index in [4.69, 9.17) is 0 Å². The number of nitrogens with one attached hydrogen (secondary N) is 1. The maximum atomic E-state index is 12.3. The van der Waals surface area contributed by atoms with Gasteiger partial charge in [0.15, 0.2) is 5.75 Å². The molecule has 12 nitrogen and oxygen atoms in total. The van der Waals surface area contributed by atoms with Gasteiger partial charge in [-0.05, 0) is 104 Å². The van der Waals surface area contributed by atoms with Crippen molar-refractivity contribution in [2.45, 2.75) is 30.6 Å². The number of hydrogen-bond acceptors (Lipinski definition) is 10. The third-order valence-electron chi connectivity index (χ3n) is 6.89. The summed E-state index contributed by atoms with van der Waals surface area (Å²) in [5.41, 5.74) is 3.53. The summed E-state index contributed by atoms with van der Waals surface area (Å²) in [5.74, 6) is -0.475. The molecule has 0 amide bonds. The monoisotopic (exact) mass is 645 g/mol. The van der Waals surface area contributed by atoms with Crippen LogP contribution in [0.2, 0.25) is 0 Å². The molecule has 14 heteroatoms. The van der Waals surface area contributed by atoms with Gasteiger partial charge in [-0.15, -0.1) is 5.11 Å². The molecule has 45 heavy (non-hydrogen) atoms. The van der Waals surface area contributed by atoms with Crippen LogP contribution in [0.25, 0.3) is 10.8 Å². The summed E-state index contributed by atoms with van der Waals surface area (Å²) in [6.45, 7) is 4.98. The number of aryl methyl sites for hydroxylation is 3. The van der Waals surface area contributed by atoms with E-state index in [9.17, 15) is 31.0 Å². The SMILES string of the molecule is Cc1cc(N=Nc2c(S(=O)(=O)O)cc3cc(Nc4ccccc4)ccc3c2O)c(C)cc1N=Nc1ccc(C)c(S(=O)(=O)O)c1. The molecule has 0 saturated heterocycles. The molecule has 5 aromatic carbocycles. The van der Waals surface area contributed by atoms with Crippen LogP contribution in [0.4, 0.5) is 34.1 Å². The minimum absolute atomic E-state index is 0.210. The largest absolute Gasteiger partial charge is 0.505 e. The average molecular weight is 646 g/mol. The second-order valence-electron chi connectivity index (χ2n) is 10.2. The van der Waals surface area contributed by atoms with E-state index in [2.05, 4.69) is 25.8 Å². The van der Waals surface area contributed by atoms with E-state index in [1.807, 2.05) is 30.3 Å². The molecule has 0 saturated carbocycles. The van der Waals surface area contributed by atoms with Crippen LogP contribution in [-0.2, 0) is 20.2 Å². The highest BCUT2D eigenvalue weighted by atomic mass is 32.2. The minimum atomic E-state index is -4.81. The van der Waals surface area contributed by atoms with E-state index in [1.54, 1.807) is 57.2 Å². The third-order valence-corrected chi connectivity index (χ3v) is 8.75. The van der Waals surface area contributed by atoms with Gasteiger partial charge in [-0.3, -0.25) is 9.11 Å². The number of para-hydroxylation sites is 1. The Morgan fingerprint density at radius 2 is 1.22 bits per heavy atom. The lowest BCUT2D eigenvalue weighted by atomic mass is 10.1. The Balaban J connectivity index is 1.48. The maximum Gasteiger partial charge on any atom is 0.296 e. The van der Waals surface area contributed by atoms with Crippen molar-refractivity contribution < 1.29 is 31.0 Å². The van der Waals surface area contributed by atoms with Gasteiger partial charge in [0.2, 0.25) is 0 Å². The molecule has 0 aromatic heterocycles. The highest BCUT2D eigenvalue weighted by Gasteiger charge is 2.22. The first-order valence-electron chi connectivity index (χ1n) is 13.3. The van der Waals surface area contributed by atoms with E-state index in [1.165, 1.54) is 18.2 Å². The number of hydrogen-bond donors (Lipinski definition) is 4. The number of benzene rings is 5. The summed E-state index contributed by atoms with van der Waals surface area (Å²) in [4.78, 5) is -0.886. The molecule has 0 bridgehead atoms. The molecule has 0 atom stereocenters. The van der Waals surface area contributed by atoms with Crippen LogP contribution in [0.15, 0.2) is 115 Å². The zero-order valence-corrected chi connectivity index (χ0v) is 25.8. The number of fused-ring (bicyclic) bond motifs is 1. The highest BCUT2D eigenvalue weighted by Crippen LogP contribution is 2.43. The molecule has 0 aliphatic carbocycles. The van der Waals surface area contributed by atoms with Crippen molar-refractivity contribution >= 4 is 65.1 Å². The summed E-state index contributed by atoms with van der Waals surface area (Å²) >= 11 is 0. The summed E-state index contributed by atoms with van der Waals surface area (Å²) in [5, 5.41) is 31.4. The lowest BCUT2D eigenvalue weighted by Gasteiger charge is -2.12. The van der Waals surface area contributed by atoms with Gasteiger partial charge in [-0.25, -0.2) is 0 Å². The molecule has 230 valence electrons. The van der Waals surface area contributed by atoms with Gasteiger partial charge in [0, 0.05) is 16.8 Å². The van der Waals surface area contributed by atoms with Crippen LogP contribution in [0.5, 0.6) is 5.75 Å². The van der Waals surface area contributed by atoms with Crippen LogP contribution in [0.1, 0.15) is 16.7 Å². The zero-order chi connectivity index (χ0) is 32.5. The van der Waals surface area contributed by atoms with Crippen LogP contribution < -0.4 is 5.32 Å². The second kappa shape index (κ2) is 12.2. The smallest absolute Gasteiger partial charge is 0.296 e. The number of aromatic hydroxyl groups is 1. The number of rotatable bonds is 8. The molecular weight excluding hydrogens is 619 g/mol. The fourth-order valence-corrected chi connectivity index (χ4v) is 5.96. The van der Waals surface area contributed by atoms with E-state index >= 15 is 0 Å². The molecule has 0 aliphatic rings. The quantitative estimate of drug-likeness (QED) is 0.0952. The lowest BCUT2D eigenvalue weighted by molar-refractivity contribution is 0.472. The molecule has 0 heterocycles. The van der Waals surface area contributed by atoms with Gasteiger partial charge < -0.3 is 10.4 Å². The van der Waals surface area contributed by atoms with Crippen LogP contribution in [-0.4, -0.2) is 31.0 Å². The lowest BCUT2D eigenvalue weighted by Crippen LogP contribution is -2.00. The molecular formula is C31H27N5O7S2. The van der Waals surface area contributed by atoms with Crippen LogP contribution in [0.3, 0.4) is 0 Å². The van der Waals surface area contributed by atoms with E-state index < -0.39 is 36.6 Å². The Morgan fingerprint density at radius 3 is 1.84 bits per heavy atom. The molecule has 0 unspecified atom stereocenters. The number of phenols is 1. The average Bonchev–Trinajstić information content (AvgIpc) is 2.97.